The van der Waals surface area contributed by atoms with Crippen LogP contribution in [-0.4, -0.2) is 22.1 Å². The van der Waals surface area contributed by atoms with E-state index in [1.54, 1.807) is 35.6 Å². The maximum absolute atomic E-state index is 10.9. The predicted molar refractivity (Wildman–Crippen MR) is 51.9 cm³/mol. The van der Waals surface area contributed by atoms with Gasteiger partial charge in [-0.2, -0.15) is 0 Å². The molecule has 1 aliphatic rings. The normalized spacial score (nSPS) is 20.0. The molecule has 0 radical (unpaired) electrons. The van der Waals surface area contributed by atoms with Crippen molar-refractivity contribution in [1.82, 2.24) is 4.98 Å². The lowest BCUT2D eigenvalue weighted by Gasteiger charge is -2.21. The van der Waals surface area contributed by atoms with E-state index in [0.717, 1.165) is 5.69 Å². The molecule has 1 aromatic heterocycles. The fourth-order valence-electron chi connectivity index (χ4n) is 1.52. The van der Waals surface area contributed by atoms with Gasteiger partial charge in [0.15, 0.2) is 0 Å². The Bertz CT molecular complexity index is 362. The van der Waals surface area contributed by atoms with E-state index in [9.17, 15) is 4.79 Å². The van der Waals surface area contributed by atoms with E-state index in [-0.39, 0.29) is 0 Å². The molecule has 0 saturated carbocycles. The third kappa shape index (κ3) is 1.46. The van der Waals surface area contributed by atoms with E-state index < -0.39 is 12.0 Å². The van der Waals surface area contributed by atoms with Gasteiger partial charge in [0, 0.05) is 24.3 Å². The predicted octanol–water partition coefficient (Wildman–Crippen LogP) is 1.26. The SMILES string of the molecule is O=C(O)C1CC=CN1c1ccncc1. The van der Waals surface area contributed by atoms with Crippen molar-refractivity contribution in [3.05, 3.63) is 36.8 Å². The number of pyridine rings is 1. The van der Waals surface area contributed by atoms with Crippen molar-refractivity contribution < 1.29 is 9.90 Å². The van der Waals surface area contributed by atoms with Crippen LogP contribution in [0.3, 0.4) is 0 Å². The maximum atomic E-state index is 10.9. The standard InChI is InChI=1S/C10H10N2O2/c13-10(14)9-2-1-7-12(9)8-3-5-11-6-4-8/h1,3-7,9H,2H2,(H,13,14). The van der Waals surface area contributed by atoms with E-state index in [0.29, 0.717) is 6.42 Å². The highest BCUT2D eigenvalue weighted by Gasteiger charge is 2.26. The Labute approximate surface area is 81.5 Å². The lowest BCUT2D eigenvalue weighted by molar-refractivity contribution is -0.138. The first-order valence-corrected chi connectivity index (χ1v) is 4.37. The van der Waals surface area contributed by atoms with Gasteiger partial charge in [-0.1, -0.05) is 6.08 Å². The van der Waals surface area contributed by atoms with Crippen molar-refractivity contribution in [1.29, 1.82) is 0 Å². The second-order valence-corrected chi connectivity index (χ2v) is 3.09. The summed E-state index contributed by atoms with van der Waals surface area (Å²) in [5.74, 6) is -0.799. The summed E-state index contributed by atoms with van der Waals surface area (Å²) in [6.45, 7) is 0. The molecule has 72 valence electrons. The number of aromatic nitrogens is 1. The van der Waals surface area contributed by atoms with Crippen LogP contribution in [0.2, 0.25) is 0 Å². The van der Waals surface area contributed by atoms with Gasteiger partial charge in [-0.05, 0) is 18.6 Å². The number of anilines is 1. The highest BCUT2D eigenvalue weighted by Crippen LogP contribution is 2.23. The van der Waals surface area contributed by atoms with Crippen LogP contribution in [0.15, 0.2) is 36.8 Å². The summed E-state index contributed by atoms with van der Waals surface area (Å²) in [6, 6.07) is 3.12. The average Bonchev–Trinajstić information content (AvgIpc) is 2.67. The van der Waals surface area contributed by atoms with Crippen molar-refractivity contribution in [3.63, 3.8) is 0 Å². The van der Waals surface area contributed by atoms with E-state index in [1.165, 1.54) is 0 Å². The molecule has 1 aromatic rings. The summed E-state index contributed by atoms with van der Waals surface area (Å²) < 4.78 is 0. The minimum atomic E-state index is -0.799. The van der Waals surface area contributed by atoms with Gasteiger partial charge in [-0.15, -0.1) is 0 Å². The lowest BCUT2D eigenvalue weighted by Crippen LogP contribution is -2.33. The van der Waals surface area contributed by atoms with Gasteiger partial charge in [0.2, 0.25) is 0 Å². The zero-order valence-electron chi connectivity index (χ0n) is 7.50. The minimum absolute atomic E-state index is 0.475. The number of carboxylic acids is 1. The van der Waals surface area contributed by atoms with Crippen LogP contribution in [0.25, 0.3) is 0 Å². The molecular formula is C10H10N2O2. The third-order valence-electron chi connectivity index (χ3n) is 2.21. The fraction of sp³-hybridized carbons (Fsp3) is 0.200. The van der Waals surface area contributed by atoms with Gasteiger partial charge < -0.3 is 10.0 Å². The Kier molecular flexibility index (Phi) is 2.18. The minimum Gasteiger partial charge on any atom is -0.480 e. The highest BCUT2D eigenvalue weighted by molar-refractivity contribution is 5.80. The summed E-state index contributed by atoms with van der Waals surface area (Å²) in [5, 5.41) is 8.95. The van der Waals surface area contributed by atoms with E-state index in [4.69, 9.17) is 5.11 Å². The van der Waals surface area contributed by atoms with Gasteiger partial charge >= 0.3 is 5.97 Å². The average molecular weight is 190 g/mol. The second kappa shape index (κ2) is 3.49. The van der Waals surface area contributed by atoms with Crippen molar-refractivity contribution in [3.8, 4) is 0 Å². The fourth-order valence-corrected chi connectivity index (χ4v) is 1.52. The zero-order valence-corrected chi connectivity index (χ0v) is 7.50. The Hall–Kier alpha value is -1.84. The number of carbonyl (C=O) groups is 1. The Morgan fingerprint density at radius 3 is 2.86 bits per heavy atom. The van der Waals surface area contributed by atoms with Crippen LogP contribution in [0.4, 0.5) is 5.69 Å². The third-order valence-corrected chi connectivity index (χ3v) is 2.21. The van der Waals surface area contributed by atoms with Gasteiger partial charge in [0.05, 0.1) is 0 Å². The Balaban J connectivity index is 2.26. The molecule has 0 amide bonds. The summed E-state index contributed by atoms with van der Waals surface area (Å²) in [6.07, 6.45) is 7.52. The molecule has 2 heterocycles. The van der Waals surface area contributed by atoms with Crippen LogP contribution >= 0.6 is 0 Å². The Morgan fingerprint density at radius 2 is 2.21 bits per heavy atom. The van der Waals surface area contributed by atoms with Crippen molar-refractivity contribution in [2.45, 2.75) is 12.5 Å². The summed E-state index contributed by atoms with van der Waals surface area (Å²) in [5.41, 5.74) is 0.862. The summed E-state index contributed by atoms with van der Waals surface area (Å²) in [4.78, 5) is 16.5. The molecule has 1 unspecified atom stereocenters. The number of hydrogen-bond donors (Lipinski definition) is 1. The second-order valence-electron chi connectivity index (χ2n) is 3.09. The van der Waals surface area contributed by atoms with Gasteiger partial charge in [-0.25, -0.2) is 4.79 Å². The first-order chi connectivity index (χ1) is 6.79. The molecule has 2 rings (SSSR count). The molecule has 4 heteroatoms. The van der Waals surface area contributed by atoms with Crippen LogP contribution < -0.4 is 4.90 Å². The van der Waals surface area contributed by atoms with Crippen LogP contribution in [0, 0.1) is 0 Å². The molecule has 1 N–H and O–H groups in total. The van der Waals surface area contributed by atoms with Crippen LogP contribution in [0.1, 0.15) is 6.42 Å². The quantitative estimate of drug-likeness (QED) is 0.762. The lowest BCUT2D eigenvalue weighted by atomic mass is 10.2. The van der Waals surface area contributed by atoms with E-state index in [2.05, 4.69) is 4.98 Å². The maximum Gasteiger partial charge on any atom is 0.327 e. The number of carboxylic acid groups (broad SMARTS) is 1. The molecule has 0 bridgehead atoms. The topological polar surface area (TPSA) is 53.4 Å². The van der Waals surface area contributed by atoms with E-state index >= 15 is 0 Å². The van der Waals surface area contributed by atoms with Crippen molar-refractivity contribution in [2.75, 3.05) is 4.90 Å². The molecule has 1 atom stereocenters. The molecule has 0 fully saturated rings. The largest absolute Gasteiger partial charge is 0.480 e. The molecular weight excluding hydrogens is 180 g/mol. The molecule has 14 heavy (non-hydrogen) atoms. The number of aliphatic carboxylic acids is 1. The first-order valence-electron chi connectivity index (χ1n) is 4.37. The van der Waals surface area contributed by atoms with Crippen molar-refractivity contribution >= 4 is 11.7 Å². The van der Waals surface area contributed by atoms with Gasteiger partial charge in [0.25, 0.3) is 0 Å². The molecule has 0 aromatic carbocycles. The molecule has 4 nitrogen and oxygen atoms in total. The molecule has 0 spiro atoms. The molecule has 0 saturated heterocycles. The highest BCUT2D eigenvalue weighted by atomic mass is 16.4. The van der Waals surface area contributed by atoms with Crippen molar-refractivity contribution in [2.24, 2.45) is 0 Å². The monoisotopic (exact) mass is 190 g/mol. The number of rotatable bonds is 2. The summed E-state index contributed by atoms with van der Waals surface area (Å²) in [7, 11) is 0. The summed E-state index contributed by atoms with van der Waals surface area (Å²) >= 11 is 0. The van der Waals surface area contributed by atoms with Crippen LogP contribution in [-0.2, 0) is 4.79 Å². The zero-order chi connectivity index (χ0) is 9.97. The van der Waals surface area contributed by atoms with Gasteiger partial charge in [-0.3, -0.25) is 4.98 Å². The van der Waals surface area contributed by atoms with Gasteiger partial charge in [0.1, 0.15) is 6.04 Å². The first kappa shape index (κ1) is 8.74. The molecule has 0 aliphatic carbocycles. The Morgan fingerprint density at radius 1 is 1.50 bits per heavy atom. The molecule has 1 aliphatic heterocycles. The number of nitrogens with zero attached hydrogens (tertiary/aromatic N) is 2. The number of hydrogen-bond acceptors (Lipinski definition) is 3. The smallest absolute Gasteiger partial charge is 0.327 e. The van der Waals surface area contributed by atoms with Crippen LogP contribution in [0.5, 0.6) is 0 Å². The van der Waals surface area contributed by atoms with E-state index in [1.807, 2.05) is 6.08 Å².